The van der Waals surface area contributed by atoms with E-state index in [2.05, 4.69) is 19.2 Å². The van der Waals surface area contributed by atoms with Gasteiger partial charge in [-0.1, -0.05) is 32.8 Å². The van der Waals surface area contributed by atoms with Crippen LogP contribution in [0.1, 0.15) is 51.5 Å². The molecule has 0 amide bonds. The molecule has 0 bridgehead atoms. The minimum Gasteiger partial charge on any atom is -0.382 e. The summed E-state index contributed by atoms with van der Waals surface area (Å²) < 4.78 is 0. The second-order valence-electron chi connectivity index (χ2n) is 6.76. The Kier molecular flexibility index (Phi) is 5.21. The number of aryl methyl sites for hydroxylation is 1. The maximum Gasteiger partial charge on any atom is 0.274 e. The van der Waals surface area contributed by atoms with Crippen LogP contribution in [-0.2, 0) is 0 Å². The molecular weight excluding hydrogens is 264 g/mol. The SMILES string of the molecule is Cc1ccc(NC2CCCC(CC(C)C)C2)cc1[N+](=O)[O-]. The van der Waals surface area contributed by atoms with Crippen LogP contribution in [-0.4, -0.2) is 11.0 Å². The Hall–Kier alpha value is -1.58. The summed E-state index contributed by atoms with van der Waals surface area (Å²) in [6, 6.07) is 5.90. The van der Waals surface area contributed by atoms with Crippen LogP contribution in [0.15, 0.2) is 18.2 Å². The van der Waals surface area contributed by atoms with Crippen LogP contribution < -0.4 is 5.32 Å². The minimum atomic E-state index is -0.303. The van der Waals surface area contributed by atoms with E-state index in [-0.39, 0.29) is 10.6 Å². The maximum absolute atomic E-state index is 11.0. The number of nitrogens with one attached hydrogen (secondary N) is 1. The van der Waals surface area contributed by atoms with E-state index in [0.717, 1.165) is 23.9 Å². The van der Waals surface area contributed by atoms with Crippen molar-refractivity contribution in [2.45, 2.75) is 58.9 Å². The number of anilines is 1. The monoisotopic (exact) mass is 290 g/mol. The zero-order chi connectivity index (χ0) is 15.4. The summed E-state index contributed by atoms with van der Waals surface area (Å²) in [5.74, 6) is 1.53. The molecular formula is C17H26N2O2. The molecule has 4 nitrogen and oxygen atoms in total. The van der Waals surface area contributed by atoms with Gasteiger partial charge in [0.05, 0.1) is 4.92 Å². The molecule has 2 unspecified atom stereocenters. The Balaban J connectivity index is 2.01. The van der Waals surface area contributed by atoms with Crippen LogP contribution in [0.3, 0.4) is 0 Å². The summed E-state index contributed by atoms with van der Waals surface area (Å²) in [5, 5.41) is 14.5. The van der Waals surface area contributed by atoms with Gasteiger partial charge in [-0.25, -0.2) is 0 Å². The zero-order valence-electron chi connectivity index (χ0n) is 13.3. The van der Waals surface area contributed by atoms with Crippen molar-refractivity contribution in [2.24, 2.45) is 11.8 Å². The fourth-order valence-electron chi connectivity index (χ4n) is 3.43. The molecule has 1 fully saturated rings. The van der Waals surface area contributed by atoms with Crippen molar-refractivity contribution in [3.8, 4) is 0 Å². The highest BCUT2D eigenvalue weighted by Crippen LogP contribution is 2.32. The van der Waals surface area contributed by atoms with E-state index in [0.29, 0.717) is 11.6 Å². The Morgan fingerprint density at radius 1 is 1.38 bits per heavy atom. The molecule has 2 atom stereocenters. The molecule has 1 aromatic rings. The molecule has 21 heavy (non-hydrogen) atoms. The summed E-state index contributed by atoms with van der Waals surface area (Å²) in [6.07, 6.45) is 6.20. The third kappa shape index (κ3) is 4.45. The normalized spacial score (nSPS) is 22.3. The van der Waals surface area contributed by atoms with Gasteiger partial charge in [0.1, 0.15) is 0 Å². The highest BCUT2D eigenvalue weighted by Gasteiger charge is 2.23. The van der Waals surface area contributed by atoms with E-state index in [1.807, 2.05) is 12.1 Å². The molecule has 2 rings (SSSR count). The largest absolute Gasteiger partial charge is 0.382 e. The van der Waals surface area contributed by atoms with Gasteiger partial charge in [0, 0.05) is 23.4 Å². The van der Waals surface area contributed by atoms with E-state index in [1.54, 1.807) is 13.0 Å². The fraction of sp³-hybridized carbons (Fsp3) is 0.647. The second-order valence-corrected chi connectivity index (χ2v) is 6.76. The Bertz CT molecular complexity index is 500. The van der Waals surface area contributed by atoms with Crippen molar-refractivity contribution in [1.29, 1.82) is 0 Å². The number of hydrogen-bond acceptors (Lipinski definition) is 3. The molecule has 1 saturated carbocycles. The smallest absolute Gasteiger partial charge is 0.274 e. The van der Waals surface area contributed by atoms with Crippen LogP contribution >= 0.6 is 0 Å². The average Bonchev–Trinajstić information content (AvgIpc) is 2.40. The first-order valence-corrected chi connectivity index (χ1v) is 7.97. The third-order valence-electron chi connectivity index (χ3n) is 4.36. The Morgan fingerprint density at radius 3 is 2.81 bits per heavy atom. The van der Waals surface area contributed by atoms with Crippen LogP contribution in [0.5, 0.6) is 0 Å². The molecule has 0 aromatic heterocycles. The van der Waals surface area contributed by atoms with Crippen LogP contribution in [0.2, 0.25) is 0 Å². The van der Waals surface area contributed by atoms with E-state index in [4.69, 9.17) is 0 Å². The van der Waals surface area contributed by atoms with Gasteiger partial charge in [-0.05, 0) is 44.1 Å². The van der Waals surface area contributed by atoms with Gasteiger partial charge < -0.3 is 5.32 Å². The molecule has 0 heterocycles. The van der Waals surface area contributed by atoms with Crippen LogP contribution in [0.25, 0.3) is 0 Å². The molecule has 0 radical (unpaired) electrons. The number of nitrogens with zero attached hydrogens (tertiary/aromatic N) is 1. The summed E-state index contributed by atoms with van der Waals surface area (Å²) in [6.45, 7) is 6.34. The maximum atomic E-state index is 11.0. The van der Waals surface area contributed by atoms with Gasteiger partial charge in [-0.3, -0.25) is 10.1 Å². The predicted molar refractivity (Wildman–Crippen MR) is 86.7 cm³/mol. The van der Waals surface area contributed by atoms with Gasteiger partial charge >= 0.3 is 0 Å². The first kappa shape index (κ1) is 15.8. The van der Waals surface area contributed by atoms with Crippen molar-refractivity contribution in [1.82, 2.24) is 0 Å². The number of benzene rings is 1. The molecule has 0 aliphatic heterocycles. The Labute approximate surface area is 127 Å². The van der Waals surface area contributed by atoms with Gasteiger partial charge in [-0.2, -0.15) is 0 Å². The Morgan fingerprint density at radius 2 is 2.14 bits per heavy atom. The number of rotatable bonds is 5. The van der Waals surface area contributed by atoms with Crippen molar-refractivity contribution in [2.75, 3.05) is 5.32 Å². The summed E-state index contributed by atoms with van der Waals surface area (Å²) in [5.41, 5.74) is 1.80. The van der Waals surface area contributed by atoms with Crippen LogP contribution in [0.4, 0.5) is 11.4 Å². The molecule has 1 aromatic carbocycles. The summed E-state index contributed by atoms with van der Waals surface area (Å²) in [7, 11) is 0. The lowest BCUT2D eigenvalue weighted by molar-refractivity contribution is -0.385. The van der Waals surface area contributed by atoms with Crippen molar-refractivity contribution < 1.29 is 4.92 Å². The molecule has 1 N–H and O–H groups in total. The first-order valence-electron chi connectivity index (χ1n) is 7.97. The van der Waals surface area contributed by atoms with Gasteiger partial charge in [-0.15, -0.1) is 0 Å². The molecule has 1 aliphatic rings. The predicted octanol–water partition coefficient (Wildman–Crippen LogP) is 4.92. The highest BCUT2D eigenvalue weighted by atomic mass is 16.6. The second kappa shape index (κ2) is 6.92. The van der Waals surface area contributed by atoms with Gasteiger partial charge in [0.25, 0.3) is 5.69 Å². The van der Waals surface area contributed by atoms with Crippen molar-refractivity contribution in [3.05, 3.63) is 33.9 Å². The minimum absolute atomic E-state index is 0.203. The quantitative estimate of drug-likeness (QED) is 0.618. The average molecular weight is 290 g/mol. The highest BCUT2D eigenvalue weighted by molar-refractivity contribution is 5.55. The van der Waals surface area contributed by atoms with Crippen molar-refractivity contribution in [3.63, 3.8) is 0 Å². The van der Waals surface area contributed by atoms with Gasteiger partial charge in [0.15, 0.2) is 0 Å². The number of nitro groups is 1. The third-order valence-corrected chi connectivity index (χ3v) is 4.36. The fourth-order valence-corrected chi connectivity index (χ4v) is 3.43. The van der Waals surface area contributed by atoms with E-state index < -0.39 is 0 Å². The first-order chi connectivity index (χ1) is 9.95. The van der Waals surface area contributed by atoms with Crippen LogP contribution in [0, 0.1) is 28.9 Å². The summed E-state index contributed by atoms with van der Waals surface area (Å²) in [4.78, 5) is 10.7. The topological polar surface area (TPSA) is 55.2 Å². The van der Waals surface area contributed by atoms with E-state index >= 15 is 0 Å². The molecule has 116 valence electrons. The molecule has 0 spiro atoms. The molecule has 0 saturated heterocycles. The lowest BCUT2D eigenvalue weighted by Gasteiger charge is -2.31. The summed E-state index contributed by atoms with van der Waals surface area (Å²) >= 11 is 0. The van der Waals surface area contributed by atoms with Gasteiger partial charge in [0.2, 0.25) is 0 Å². The number of nitro benzene ring substituents is 1. The number of hydrogen-bond donors (Lipinski definition) is 1. The zero-order valence-corrected chi connectivity index (χ0v) is 13.3. The lowest BCUT2D eigenvalue weighted by Crippen LogP contribution is -2.28. The molecule has 1 aliphatic carbocycles. The lowest BCUT2D eigenvalue weighted by atomic mass is 9.81. The van der Waals surface area contributed by atoms with Crippen molar-refractivity contribution >= 4 is 11.4 Å². The van der Waals surface area contributed by atoms with E-state index in [1.165, 1.54) is 25.7 Å². The molecule has 4 heteroatoms. The van der Waals surface area contributed by atoms with E-state index in [9.17, 15) is 10.1 Å². The standard InChI is InChI=1S/C17H26N2O2/c1-12(2)9-14-5-4-6-15(10-14)18-16-8-7-13(3)17(11-16)19(20)21/h7-8,11-12,14-15,18H,4-6,9-10H2,1-3H3.